The third-order valence-electron chi connectivity index (χ3n) is 14.4. The van der Waals surface area contributed by atoms with E-state index in [-0.39, 0.29) is 47.3 Å². The standard InChI is InChI=1S/C39H64O15S.Na/c1-19(2)7-6-8-20(3)23-9-10-24-22-16-27(54-55(47,48)49)26-15-21(11-13-39(26,5)25(22)12-14-38(23,24)4)50-37-35(33(45)31(43)29(18-41)52-37)53-36-34(46)32(44)30(42)28(17-40)51-36;/h7,20-21,23-24,26-37,40-46H,6,8-18H2,1-5H3,(H,47,48,49);/q;+1/p-1/t20-,21+,23-,24?,26?,27+,28?,29?,30?,31?,32?,33?,34?,35?,36?,37?,38-,39-;/m1./s1. The number of fused-ring (bicyclic) bond motifs is 4. The van der Waals surface area contributed by atoms with Gasteiger partial charge < -0.3 is 59.2 Å². The van der Waals surface area contributed by atoms with Crippen LogP contribution in [0, 0.1) is 34.5 Å². The Morgan fingerprint density at radius 1 is 0.911 bits per heavy atom. The smallest absolute Gasteiger partial charge is 0.726 e. The maximum Gasteiger partial charge on any atom is 1.00 e. The Bertz CT molecular complexity index is 1520. The molecule has 4 fully saturated rings. The molecule has 2 aliphatic heterocycles. The fourth-order valence-electron chi connectivity index (χ4n) is 11.5. The first-order valence-corrected chi connectivity index (χ1v) is 21.4. The number of aliphatic hydroxyl groups excluding tert-OH is 7. The van der Waals surface area contributed by atoms with Crippen molar-refractivity contribution in [1.82, 2.24) is 0 Å². The maximum absolute atomic E-state index is 12.3. The van der Waals surface area contributed by atoms with E-state index in [1.807, 2.05) is 0 Å². The molecule has 0 spiro atoms. The molecule has 0 radical (unpaired) electrons. The summed E-state index contributed by atoms with van der Waals surface area (Å²) < 4.78 is 65.9. The van der Waals surface area contributed by atoms with Gasteiger partial charge in [0.1, 0.15) is 48.8 Å². The third-order valence-corrected chi connectivity index (χ3v) is 14.9. The molecule has 2 heterocycles. The van der Waals surface area contributed by atoms with Crippen molar-refractivity contribution >= 4 is 10.4 Å². The van der Waals surface area contributed by atoms with Gasteiger partial charge in [-0.05, 0) is 113 Å². The van der Waals surface area contributed by atoms with Gasteiger partial charge >= 0.3 is 29.6 Å². The Kier molecular flexibility index (Phi) is 15.5. The van der Waals surface area contributed by atoms with Crippen LogP contribution < -0.4 is 29.6 Å². The molecule has 6 aliphatic rings. The first-order chi connectivity index (χ1) is 25.8. The van der Waals surface area contributed by atoms with Gasteiger partial charge in [0.05, 0.1) is 25.4 Å². The van der Waals surface area contributed by atoms with E-state index in [0.29, 0.717) is 31.1 Å². The quantitative estimate of drug-likeness (QED) is 0.0516. The van der Waals surface area contributed by atoms with Gasteiger partial charge in [0.15, 0.2) is 12.6 Å². The Labute approximate surface area is 353 Å². The van der Waals surface area contributed by atoms with E-state index in [4.69, 9.17) is 23.1 Å². The monoisotopic (exact) mass is 826 g/mol. The van der Waals surface area contributed by atoms with E-state index in [1.54, 1.807) is 0 Å². The Hall–Kier alpha value is -0.0900. The molecule has 56 heavy (non-hydrogen) atoms. The van der Waals surface area contributed by atoms with E-state index in [1.165, 1.54) is 16.7 Å². The van der Waals surface area contributed by atoms with Crippen molar-refractivity contribution in [1.29, 1.82) is 0 Å². The zero-order chi connectivity index (χ0) is 40.2. The largest absolute Gasteiger partial charge is 1.00 e. The van der Waals surface area contributed by atoms with Gasteiger partial charge in [-0.2, -0.15) is 0 Å². The van der Waals surface area contributed by atoms with Crippen LogP contribution in [-0.4, -0.2) is 136 Å². The minimum absolute atomic E-state index is 0. The molecule has 6 rings (SSSR count). The van der Waals surface area contributed by atoms with Gasteiger partial charge in [0.2, 0.25) is 10.4 Å². The molecule has 12 unspecified atom stereocenters. The average molecular weight is 827 g/mol. The second-order valence-electron chi connectivity index (χ2n) is 17.9. The predicted octanol–water partition coefficient (Wildman–Crippen LogP) is -1.44. The normalized spacial score (nSPS) is 45.9. The molecule has 2 saturated heterocycles. The number of aliphatic hydroxyl groups is 7. The number of hydrogen-bond donors (Lipinski definition) is 7. The first kappa shape index (κ1) is 47.0. The van der Waals surface area contributed by atoms with Crippen molar-refractivity contribution in [3.8, 4) is 0 Å². The Balaban J connectivity index is 0.00000600. The Morgan fingerprint density at radius 2 is 1.55 bits per heavy atom. The molecule has 0 aromatic heterocycles. The van der Waals surface area contributed by atoms with Crippen LogP contribution in [0.1, 0.15) is 98.8 Å². The van der Waals surface area contributed by atoms with Crippen LogP contribution in [0.4, 0.5) is 0 Å². The van der Waals surface area contributed by atoms with Crippen molar-refractivity contribution in [3.63, 3.8) is 0 Å². The number of allylic oxidation sites excluding steroid dienone is 3. The summed E-state index contributed by atoms with van der Waals surface area (Å²) in [6.07, 6.45) is -7.39. The van der Waals surface area contributed by atoms with Crippen LogP contribution >= 0.6 is 0 Å². The number of ether oxygens (including phenoxy) is 4. The second-order valence-corrected chi connectivity index (χ2v) is 18.9. The average Bonchev–Trinajstić information content (AvgIpc) is 3.48. The van der Waals surface area contributed by atoms with E-state index >= 15 is 0 Å². The minimum Gasteiger partial charge on any atom is -0.726 e. The SMILES string of the molecule is CC(C)=CCC[C@@H](C)[C@H]1CCC2C3=C(CC[C@@]21C)[C@@]1(C)CC[C@H](OC2OC(CO)C(O)C(O)C2OC2OC(CO)C(O)C(O)C2O)CC1[C@@H](OS(=O)(=O)[O-])C3.[Na+]. The van der Waals surface area contributed by atoms with Crippen LogP contribution in [-0.2, 0) is 33.5 Å². The molecule has 0 aromatic carbocycles. The van der Waals surface area contributed by atoms with Crippen molar-refractivity contribution < 1.29 is 101 Å². The second kappa shape index (κ2) is 18.5. The fourth-order valence-corrected chi connectivity index (χ4v) is 12.0. The molecule has 17 heteroatoms. The molecule has 316 valence electrons. The molecule has 2 saturated carbocycles. The van der Waals surface area contributed by atoms with Crippen molar-refractivity contribution in [2.45, 2.75) is 172 Å². The summed E-state index contributed by atoms with van der Waals surface area (Å²) in [5.41, 5.74) is 3.46. The van der Waals surface area contributed by atoms with E-state index in [2.05, 4.69) is 40.7 Å². The summed E-state index contributed by atoms with van der Waals surface area (Å²) >= 11 is 0. The number of hydrogen-bond acceptors (Lipinski definition) is 15. The maximum atomic E-state index is 12.3. The fraction of sp³-hybridized carbons (Fsp3) is 0.897. The molecule has 4 aliphatic carbocycles. The zero-order valence-corrected chi connectivity index (χ0v) is 36.4. The van der Waals surface area contributed by atoms with Crippen LogP contribution in [0.15, 0.2) is 22.8 Å². The number of rotatable bonds is 12. The molecule has 7 N–H and O–H groups in total. The van der Waals surface area contributed by atoms with E-state index in [9.17, 15) is 48.7 Å². The molecule has 0 amide bonds. The van der Waals surface area contributed by atoms with Crippen molar-refractivity contribution in [3.05, 3.63) is 22.8 Å². The van der Waals surface area contributed by atoms with Crippen LogP contribution in [0.2, 0.25) is 0 Å². The van der Waals surface area contributed by atoms with Crippen LogP contribution in [0.3, 0.4) is 0 Å². The summed E-state index contributed by atoms with van der Waals surface area (Å²) in [5.74, 6) is 0.885. The summed E-state index contributed by atoms with van der Waals surface area (Å²) in [6.45, 7) is 9.73. The molecular formula is C39H63NaO15S. The van der Waals surface area contributed by atoms with E-state index in [0.717, 1.165) is 38.5 Å². The molecular weight excluding hydrogens is 763 g/mol. The van der Waals surface area contributed by atoms with E-state index < -0.39 is 109 Å². The summed E-state index contributed by atoms with van der Waals surface area (Å²) in [7, 11) is -5.08. The summed E-state index contributed by atoms with van der Waals surface area (Å²) in [5, 5.41) is 72.7. The summed E-state index contributed by atoms with van der Waals surface area (Å²) in [6, 6.07) is 0. The van der Waals surface area contributed by atoms with Crippen molar-refractivity contribution in [2.75, 3.05) is 13.2 Å². The van der Waals surface area contributed by atoms with Gasteiger partial charge in [-0.15, -0.1) is 0 Å². The minimum atomic E-state index is -5.08. The van der Waals surface area contributed by atoms with Gasteiger partial charge in [0.25, 0.3) is 0 Å². The van der Waals surface area contributed by atoms with Crippen LogP contribution in [0.5, 0.6) is 0 Å². The Morgan fingerprint density at radius 3 is 2.18 bits per heavy atom. The van der Waals surface area contributed by atoms with Gasteiger partial charge in [0, 0.05) is 0 Å². The molecule has 18 atom stereocenters. The molecule has 0 bridgehead atoms. The summed E-state index contributed by atoms with van der Waals surface area (Å²) in [4.78, 5) is 0. The van der Waals surface area contributed by atoms with Crippen LogP contribution in [0.25, 0.3) is 0 Å². The zero-order valence-electron chi connectivity index (χ0n) is 33.6. The third kappa shape index (κ3) is 9.22. The molecule has 15 nitrogen and oxygen atoms in total. The van der Waals surface area contributed by atoms with Gasteiger partial charge in [-0.25, -0.2) is 8.42 Å². The molecule has 0 aromatic rings. The first-order valence-electron chi connectivity index (χ1n) is 20.1. The van der Waals surface area contributed by atoms with Gasteiger partial charge in [-0.1, -0.05) is 43.6 Å². The predicted molar refractivity (Wildman–Crippen MR) is 194 cm³/mol. The van der Waals surface area contributed by atoms with Gasteiger partial charge in [-0.3, -0.25) is 4.18 Å². The van der Waals surface area contributed by atoms with Crippen molar-refractivity contribution in [2.24, 2.45) is 34.5 Å². The topological polar surface area (TPSA) is 245 Å².